The van der Waals surface area contributed by atoms with Crippen molar-refractivity contribution in [1.82, 2.24) is 19.7 Å². The van der Waals surface area contributed by atoms with Crippen LogP contribution in [0, 0.1) is 0 Å². The van der Waals surface area contributed by atoms with E-state index in [4.69, 9.17) is 24.2 Å². The number of aromatic nitrogens is 4. The van der Waals surface area contributed by atoms with E-state index in [1.165, 1.54) is 0 Å². The number of fused-ring (bicyclic) bond motifs is 1. The van der Waals surface area contributed by atoms with Crippen LogP contribution in [0.15, 0.2) is 54.7 Å². The molecule has 0 radical (unpaired) electrons. The van der Waals surface area contributed by atoms with Gasteiger partial charge in [-0.25, -0.2) is 9.67 Å². The van der Waals surface area contributed by atoms with Gasteiger partial charge in [0.2, 0.25) is 0 Å². The summed E-state index contributed by atoms with van der Waals surface area (Å²) in [7, 11) is -2.88. The Labute approximate surface area is 273 Å². The lowest BCUT2D eigenvalue weighted by Crippen LogP contribution is -2.40. The molecule has 0 saturated carbocycles. The Morgan fingerprint density at radius 1 is 0.956 bits per heavy atom. The molecule has 9 heteroatoms. The first-order chi connectivity index (χ1) is 21.1. The quantitative estimate of drug-likeness (QED) is 0.135. The number of hydrogen-bond acceptors (Lipinski definition) is 6. The van der Waals surface area contributed by atoms with Crippen molar-refractivity contribution in [2.45, 2.75) is 110 Å². The zero-order chi connectivity index (χ0) is 33.0. The molecule has 0 amide bonds. The van der Waals surface area contributed by atoms with Crippen LogP contribution in [0.5, 0.6) is 5.75 Å². The highest BCUT2D eigenvalue weighted by molar-refractivity contribution is 7.86. The molecule has 0 bridgehead atoms. The topological polar surface area (TPSA) is 79.1 Å². The molecular weight excluding hydrogens is 597 g/mol. The third kappa shape index (κ3) is 8.48. The van der Waals surface area contributed by atoms with Crippen LogP contribution in [0.25, 0.3) is 28.0 Å². The monoisotopic (exact) mass is 648 g/mol. The van der Waals surface area contributed by atoms with Crippen molar-refractivity contribution in [2.24, 2.45) is 0 Å². The van der Waals surface area contributed by atoms with E-state index in [0.717, 1.165) is 64.4 Å². The van der Waals surface area contributed by atoms with Gasteiger partial charge in [0.25, 0.3) is 0 Å². The third-order valence-corrected chi connectivity index (χ3v) is 15.2. The zero-order valence-corrected chi connectivity index (χ0v) is 30.8. The molecule has 1 unspecified atom stereocenters. The van der Waals surface area contributed by atoms with Crippen LogP contribution in [0.3, 0.4) is 0 Å². The lowest BCUT2D eigenvalue weighted by atomic mass is 10.00. The molecule has 4 rings (SSSR count). The van der Waals surface area contributed by atoms with Gasteiger partial charge in [-0.15, -0.1) is 0 Å². The number of pyridine rings is 2. The number of hydrogen-bond donors (Lipinski definition) is 0. The van der Waals surface area contributed by atoms with Crippen LogP contribution in [0.1, 0.15) is 92.0 Å². The van der Waals surface area contributed by atoms with E-state index in [1.807, 2.05) is 55.9 Å². The van der Waals surface area contributed by atoms with E-state index >= 15 is 0 Å². The van der Waals surface area contributed by atoms with Crippen molar-refractivity contribution in [1.29, 1.82) is 0 Å². The Kier molecular flexibility index (Phi) is 11.1. The Morgan fingerprint density at radius 2 is 1.69 bits per heavy atom. The highest BCUT2D eigenvalue weighted by Gasteiger charge is 2.37. The van der Waals surface area contributed by atoms with Gasteiger partial charge in [0.1, 0.15) is 5.75 Å². The fraction of sp³-hybridized carbons (Fsp3) is 0.528. The van der Waals surface area contributed by atoms with Crippen molar-refractivity contribution >= 4 is 30.0 Å². The Balaban J connectivity index is 1.75. The Hall–Kier alpha value is -2.88. The summed E-state index contributed by atoms with van der Waals surface area (Å²) in [5.41, 5.74) is 4.56. The molecule has 0 aliphatic heterocycles. The number of ether oxygens (including phenoxy) is 1. The van der Waals surface area contributed by atoms with Crippen LogP contribution in [0.4, 0.5) is 0 Å². The maximum atomic E-state index is 13.1. The zero-order valence-electron chi connectivity index (χ0n) is 28.9. The lowest BCUT2D eigenvalue weighted by Gasteiger charge is -2.36. The van der Waals surface area contributed by atoms with Gasteiger partial charge in [-0.3, -0.25) is 9.19 Å². The first-order valence-corrected chi connectivity index (χ1v) is 20.5. The van der Waals surface area contributed by atoms with E-state index in [1.54, 1.807) is 0 Å². The van der Waals surface area contributed by atoms with Crippen molar-refractivity contribution < 1.29 is 13.4 Å². The van der Waals surface area contributed by atoms with E-state index in [0.29, 0.717) is 19.0 Å². The van der Waals surface area contributed by atoms with Gasteiger partial charge in [-0.05, 0) is 88.1 Å². The molecule has 244 valence electrons. The minimum Gasteiger partial charge on any atom is -0.493 e. The van der Waals surface area contributed by atoms with Gasteiger partial charge in [-0.1, -0.05) is 53.2 Å². The van der Waals surface area contributed by atoms with Gasteiger partial charge < -0.3 is 9.16 Å². The van der Waals surface area contributed by atoms with Crippen molar-refractivity contribution in [3.05, 3.63) is 66.1 Å². The molecule has 0 N–H and O–H groups in total. The summed E-state index contributed by atoms with van der Waals surface area (Å²) in [6, 6.07) is 16.4. The fourth-order valence-electron chi connectivity index (χ4n) is 4.83. The molecule has 0 aliphatic rings. The third-order valence-electron chi connectivity index (χ3n) is 8.67. The largest absolute Gasteiger partial charge is 0.493 e. The highest BCUT2D eigenvalue weighted by atomic mass is 32.2. The van der Waals surface area contributed by atoms with Crippen LogP contribution in [-0.4, -0.2) is 49.4 Å². The second-order valence-corrected chi connectivity index (χ2v) is 21.5. The maximum Gasteiger partial charge on any atom is 0.192 e. The Morgan fingerprint density at radius 3 is 2.36 bits per heavy atom. The summed E-state index contributed by atoms with van der Waals surface area (Å²) in [5.74, 6) is 2.24. The molecule has 45 heavy (non-hydrogen) atoms. The number of nitrogens with zero attached hydrogens (tertiary/aromatic N) is 4. The summed E-state index contributed by atoms with van der Waals surface area (Å²) in [4.78, 5) is 10.1. The SMILES string of the molecule is CCCOc1cc(-c2cccc([C@H](CCC)CS(=O)C(C)(C)C)n2)cc2c1cnn2-c1cccc(CO[Si](C)(C)C(C)(C)C)n1. The summed E-state index contributed by atoms with van der Waals surface area (Å²) in [6.07, 6.45) is 4.70. The molecule has 0 saturated heterocycles. The first-order valence-electron chi connectivity index (χ1n) is 16.2. The van der Waals surface area contributed by atoms with E-state index in [9.17, 15) is 4.21 Å². The second kappa shape index (κ2) is 14.3. The fourth-order valence-corrected chi connectivity index (χ4v) is 6.97. The second-order valence-electron chi connectivity index (χ2n) is 14.4. The molecule has 3 heterocycles. The van der Waals surface area contributed by atoms with Gasteiger partial charge >= 0.3 is 0 Å². The Bertz CT molecular complexity index is 1620. The van der Waals surface area contributed by atoms with Crippen molar-refractivity contribution in [3.63, 3.8) is 0 Å². The lowest BCUT2D eigenvalue weighted by molar-refractivity contribution is 0.272. The average molecular weight is 649 g/mol. The van der Waals surface area contributed by atoms with Crippen molar-refractivity contribution in [3.8, 4) is 22.8 Å². The predicted octanol–water partition coefficient (Wildman–Crippen LogP) is 9.22. The molecule has 7 nitrogen and oxygen atoms in total. The standard InChI is InChI=1S/C36H52N4O3SSi/c1-11-15-26(25-44(41)35(3,4)5)30-17-14-18-31(39-30)27-21-32-29(33(22-27)42-20-12-2)23-37-40(32)34-19-13-16-28(38-34)24-43-45(9,10)36(6,7)8/h13-14,16-19,21-23,26H,11-12,15,20,24-25H2,1-10H3/t26-,44?/m1/s1. The van der Waals surface area contributed by atoms with E-state index < -0.39 is 19.1 Å². The molecule has 4 aromatic rings. The van der Waals surface area contributed by atoms with Crippen LogP contribution in [-0.2, 0) is 21.8 Å². The number of benzene rings is 1. The molecular formula is C36H52N4O3SSi. The minimum absolute atomic E-state index is 0.125. The molecule has 0 fully saturated rings. The van der Waals surface area contributed by atoms with E-state index in [-0.39, 0.29) is 15.7 Å². The summed E-state index contributed by atoms with van der Waals surface area (Å²) >= 11 is 0. The summed E-state index contributed by atoms with van der Waals surface area (Å²) in [6.45, 7) is 22.7. The molecule has 0 aliphatic carbocycles. The average Bonchev–Trinajstić information content (AvgIpc) is 3.42. The van der Waals surface area contributed by atoms with Crippen LogP contribution < -0.4 is 4.74 Å². The minimum atomic E-state index is -1.92. The summed E-state index contributed by atoms with van der Waals surface area (Å²) < 4.78 is 27.5. The summed E-state index contributed by atoms with van der Waals surface area (Å²) in [5, 5.41) is 5.82. The smallest absolute Gasteiger partial charge is 0.192 e. The highest BCUT2D eigenvalue weighted by Crippen LogP contribution is 2.37. The van der Waals surface area contributed by atoms with Crippen LogP contribution in [0.2, 0.25) is 18.1 Å². The molecule has 1 aromatic carbocycles. The molecule has 3 aromatic heterocycles. The predicted molar refractivity (Wildman–Crippen MR) is 190 cm³/mol. The van der Waals surface area contributed by atoms with Gasteiger partial charge in [-0.2, -0.15) is 5.10 Å². The van der Waals surface area contributed by atoms with Gasteiger partial charge in [0.15, 0.2) is 14.1 Å². The number of rotatable bonds is 13. The normalized spacial score (nSPS) is 14.1. The molecule has 2 atom stereocenters. The van der Waals surface area contributed by atoms with Crippen molar-refractivity contribution in [2.75, 3.05) is 12.4 Å². The van der Waals surface area contributed by atoms with E-state index in [2.05, 4.69) is 72.0 Å². The first kappa shape index (κ1) is 35.0. The van der Waals surface area contributed by atoms with Gasteiger partial charge in [0.05, 0.1) is 41.7 Å². The van der Waals surface area contributed by atoms with Crippen LogP contribution >= 0.6 is 0 Å². The van der Waals surface area contributed by atoms with Gasteiger partial charge in [0, 0.05) is 38.5 Å². The maximum absolute atomic E-state index is 13.1. The molecule has 0 spiro atoms.